The third-order valence-corrected chi connectivity index (χ3v) is 9.39. The van der Waals surface area contributed by atoms with Crippen molar-refractivity contribution in [3.05, 3.63) is 205 Å². The van der Waals surface area contributed by atoms with Crippen molar-refractivity contribution in [2.45, 2.75) is 0 Å². The normalized spacial score (nSPS) is 12.5. The highest BCUT2D eigenvalue weighted by atomic mass is 15.1. The molecule has 236 valence electrons. The van der Waals surface area contributed by atoms with Crippen LogP contribution in [0.15, 0.2) is 194 Å². The summed E-state index contributed by atoms with van der Waals surface area (Å²) in [5.74, 6) is 0. The van der Waals surface area contributed by atoms with E-state index in [2.05, 4.69) is 143 Å². The number of para-hydroxylation sites is 3. The van der Waals surface area contributed by atoms with Gasteiger partial charge in [0.2, 0.25) is 0 Å². The van der Waals surface area contributed by atoms with E-state index >= 15 is 0 Å². The van der Waals surface area contributed by atoms with Crippen molar-refractivity contribution in [1.29, 1.82) is 0 Å². The molecular weight excluding hydrogens is 605 g/mol. The highest BCUT2D eigenvalue weighted by Gasteiger charge is 2.14. The smallest absolute Gasteiger partial charge is 0.0629 e. The molecular formula is C48H34N2. The van der Waals surface area contributed by atoms with Gasteiger partial charge in [0.15, 0.2) is 0 Å². The summed E-state index contributed by atoms with van der Waals surface area (Å²) in [7, 11) is 0. The van der Waals surface area contributed by atoms with Gasteiger partial charge in [0.25, 0.3) is 0 Å². The third kappa shape index (κ3) is 5.53. The number of benzene rings is 8. The molecule has 0 unspecified atom stereocenters. The van der Waals surface area contributed by atoms with Gasteiger partial charge in [-0.3, -0.25) is 0 Å². The molecule has 8 aromatic carbocycles. The Balaban J connectivity index is 1.02. The Labute approximate surface area is 295 Å². The SMILES string of the molecule is [2H]/C(=C(/[2H])c1ccc(N(c2ccccc2)c2ccc3ccccc3c2)cc1)c1ccc(-c2ccc3c(c2)c2ccccc2n3-c2ccccc2)cc1. The van der Waals surface area contributed by atoms with E-state index in [1.807, 2.05) is 60.7 Å². The average molecular weight is 641 g/mol. The summed E-state index contributed by atoms with van der Waals surface area (Å²) in [5, 5.41) is 4.79. The van der Waals surface area contributed by atoms with Gasteiger partial charge in [-0.05, 0) is 99.8 Å². The fraction of sp³-hybridized carbons (Fsp3) is 0. The van der Waals surface area contributed by atoms with Gasteiger partial charge in [-0.15, -0.1) is 0 Å². The fourth-order valence-electron chi connectivity index (χ4n) is 6.93. The zero-order chi connectivity index (χ0) is 35.0. The van der Waals surface area contributed by atoms with Crippen LogP contribution in [-0.2, 0) is 0 Å². The first-order valence-electron chi connectivity index (χ1n) is 17.9. The fourth-order valence-corrected chi connectivity index (χ4v) is 6.93. The summed E-state index contributed by atoms with van der Waals surface area (Å²) in [6.45, 7) is 0. The van der Waals surface area contributed by atoms with E-state index in [1.54, 1.807) is 0 Å². The van der Waals surface area contributed by atoms with Crippen LogP contribution in [0.5, 0.6) is 0 Å². The highest BCUT2D eigenvalue weighted by molar-refractivity contribution is 6.10. The molecule has 9 aromatic rings. The Morgan fingerprint density at radius 2 is 0.960 bits per heavy atom. The number of anilines is 3. The zero-order valence-electron chi connectivity index (χ0n) is 29.4. The minimum atomic E-state index is 0.186. The van der Waals surface area contributed by atoms with Crippen LogP contribution in [0.4, 0.5) is 17.1 Å². The van der Waals surface area contributed by atoms with E-state index < -0.39 is 0 Å². The summed E-state index contributed by atoms with van der Waals surface area (Å²) in [5.41, 5.74) is 10.2. The Kier molecular flexibility index (Phi) is 6.97. The van der Waals surface area contributed by atoms with E-state index in [0.29, 0.717) is 11.1 Å². The van der Waals surface area contributed by atoms with Gasteiger partial charge in [0.05, 0.1) is 13.8 Å². The van der Waals surface area contributed by atoms with Gasteiger partial charge in [0.1, 0.15) is 0 Å². The van der Waals surface area contributed by atoms with Crippen LogP contribution < -0.4 is 4.90 Å². The molecule has 0 aliphatic rings. The quantitative estimate of drug-likeness (QED) is 0.157. The minimum absolute atomic E-state index is 0.186. The van der Waals surface area contributed by atoms with Crippen LogP contribution in [0.1, 0.15) is 13.9 Å². The van der Waals surface area contributed by atoms with E-state index in [0.717, 1.165) is 39.4 Å². The summed E-state index contributed by atoms with van der Waals surface area (Å²) in [6.07, 6.45) is 0. The number of hydrogen-bond acceptors (Lipinski definition) is 1. The first kappa shape index (κ1) is 27.3. The molecule has 0 N–H and O–H groups in total. The number of aromatic nitrogens is 1. The van der Waals surface area contributed by atoms with Crippen molar-refractivity contribution < 1.29 is 2.74 Å². The molecule has 50 heavy (non-hydrogen) atoms. The van der Waals surface area contributed by atoms with Crippen molar-refractivity contribution >= 4 is 61.7 Å². The Bertz CT molecular complexity index is 2730. The number of hydrogen-bond donors (Lipinski definition) is 0. The van der Waals surface area contributed by atoms with Crippen LogP contribution in [-0.4, -0.2) is 4.57 Å². The Morgan fingerprint density at radius 3 is 1.72 bits per heavy atom. The van der Waals surface area contributed by atoms with Gasteiger partial charge in [-0.25, -0.2) is 0 Å². The second-order valence-electron chi connectivity index (χ2n) is 12.5. The van der Waals surface area contributed by atoms with Crippen molar-refractivity contribution in [2.24, 2.45) is 0 Å². The molecule has 0 radical (unpaired) electrons. The lowest BCUT2D eigenvalue weighted by atomic mass is 10.0. The first-order valence-corrected chi connectivity index (χ1v) is 16.9. The van der Waals surface area contributed by atoms with Gasteiger partial charge < -0.3 is 9.47 Å². The molecule has 2 heteroatoms. The van der Waals surface area contributed by atoms with Gasteiger partial charge in [0, 0.05) is 33.5 Å². The van der Waals surface area contributed by atoms with Crippen LogP contribution in [0.3, 0.4) is 0 Å². The Morgan fingerprint density at radius 1 is 0.400 bits per heavy atom. The summed E-state index contributed by atoms with van der Waals surface area (Å²) in [4.78, 5) is 2.22. The molecule has 2 nitrogen and oxygen atoms in total. The van der Waals surface area contributed by atoms with E-state index in [1.165, 1.54) is 27.1 Å². The van der Waals surface area contributed by atoms with Gasteiger partial charge in [-0.1, -0.05) is 139 Å². The van der Waals surface area contributed by atoms with Crippen molar-refractivity contribution in [3.8, 4) is 16.8 Å². The maximum atomic E-state index is 8.99. The lowest BCUT2D eigenvalue weighted by molar-refractivity contribution is 1.18. The molecule has 0 bridgehead atoms. The third-order valence-electron chi connectivity index (χ3n) is 9.39. The second kappa shape index (κ2) is 12.8. The van der Waals surface area contributed by atoms with Gasteiger partial charge in [-0.2, -0.15) is 0 Å². The second-order valence-corrected chi connectivity index (χ2v) is 12.5. The monoisotopic (exact) mass is 640 g/mol. The average Bonchev–Trinajstić information content (AvgIpc) is 3.55. The maximum Gasteiger partial charge on any atom is 0.0629 e. The molecule has 0 atom stereocenters. The lowest BCUT2D eigenvalue weighted by Crippen LogP contribution is -2.09. The van der Waals surface area contributed by atoms with E-state index in [-0.39, 0.29) is 12.1 Å². The molecule has 1 aromatic heterocycles. The maximum absolute atomic E-state index is 8.99. The van der Waals surface area contributed by atoms with E-state index in [4.69, 9.17) is 2.74 Å². The predicted octanol–water partition coefficient (Wildman–Crippen LogP) is 13.2. The lowest BCUT2D eigenvalue weighted by Gasteiger charge is -2.26. The summed E-state index contributed by atoms with van der Waals surface area (Å²) in [6, 6.07) is 67.2. The van der Waals surface area contributed by atoms with Gasteiger partial charge >= 0.3 is 0 Å². The Hall–Kier alpha value is -6.64. The van der Waals surface area contributed by atoms with Crippen molar-refractivity contribution in [2.75, 3.05) is 4.90 Å². The molecule has 9 rings (SSSR count). The van der Waals surface area contributed by atoms with Crippen LogP contribution in [0, 0.1) is 0 Å². The predicted molar refractivity (Wildman–Crippen MR) is 214 cm³/mol. The van der Waals surface area contributed by atoms with Crippen LogP contribution >= 0.6 is 0 Å². The highest BCUT2D eigenvalue weighted by Crippen LogP contribution is 2.37. The zero-order valence-corrected chi connectivity index (χ0v) is 27.4. The molecule has 0 saturated carbocycles. The molecule has 0 amide bonds. The van der Waals surface area contributed by atoms with E-state index in [9.17, 15) is 0 Å². The minimum Gasteiger partial charge on any atom is -0.310 e. The molecule has 0 aliphatic carbocycles. The molecule has 0 saturated heterocycles. The molecule has 0 aliphatic heterocycles. The topological polar surface area (TPSA) is 8.17 Å². The molecule has 0 spiro atoms. The first-order chi connectivity index (χ1) is 25.6. The standard InChI is InChI=1S/C48H34N2/c1-3-13-41(14-4-1)49(44-31-27-37-11-7-8-12-39(37)33-44)43-29-23-36(24-30-43)20-19-35-21-25-38(26-22-35)40-28-32-48-46(34-40)45-17-9-10-18-47(45)50(48)42-15-5-2-6-16-42/h1-34H/b20-19+/i19D,20D. The summed E-state index contributed by atoms with van der Waals surface area (Å²) >= 11 is 0. The van der Waals surface area contributed by atoms with Crippen molar-refractivity contribution in [1.82, 2.24) is 4.57 Å². The van der Waals surface area contributed by atoms with Crippen LogP contribution in [0.25, 0.3) is 61.5 Å². The summed E-state index contributed by atoms with van der Waals surface area (Å²) < 4.78 is 20.3. The molecule has 1 heterocycles. The molecule has 0 fully saturated rings. The number of fused-ring (bicyclic) bond motifs is 4. The largest absolute Gasteiger partial charge is 0.310 e. The van der Waals surface area contributed by atoms with Crippen molar-refractivity contribution in [3.63, 3.8) is 0 Å². The number of nitrogens with zero attached hydrogens (tertiary/aromatic N) is 2. The van der Waals surface area contributed by atoms with Crippen LogP contribution in [0.2, 0.25) is 0 Å². The number of rotatable bonds is 7.